The van der Waals surface area contributed by atoms with Gasteiger partial charge in [0, 0.05) is 25.1 Å². The van der Waals surface area contributed by atoms with Gasteiger partial charge in [0.2, 0.25) is 0 Å². The largest absolute Gasteiger partial charge is 0.401 e. The van der Waals surface area contributed by atoms with Crippen LogP contribution in [0.25, 0.3) is 0 Å². The summed E-state index contributed by atoms with van der Waals surface area (Å²) in [4.78, 5) is 1.45. The highest BCUT2D eigenvalue weighted by Crippen LogP contribution is 2.29. The Kier molecular flexibility index (Phi) is 5.22. The first kappa shape index (κ1) is 14.7. The van der Waals surface area contributed by atoms with Crippen LogP contribution in [-0.4, -0.2) is 50.5 Å². The molecular formula is C11H21F3N2O. The third-order valence-electron chi connectivity index (χ3n) is 3.12. The Morgan fingerprint density at radius 1 is 1.41 bits per heavy atom. The smallest absolute Gasteiger partial charge is 0.381 e. The molecule has 0 aromatic heterocycles. The zero-order chi connectivity index (χ0) is 12.9. The lowest BCUT2D eigenvalue weighted by Crippen LogP contribution is -2.46. The number of hydrogen-bond donors (Lipinski definition) is 1. The van der Waals surface area contributed by atoms with E-state index in [1.807, 2.05) is 6.92 Å². The summed E-state index contributed by atoms with van der Waals surface area (Å²) in [5.41, 5.74) is 5.40. The number of nitrogens with two attached hydrogens (primary N) is 1. The van der Waals surface area contributed by atoms with Crippen LogP contribution in [0.3, 0.4) is 0 Å². The van der Waals surface area contributed by atoms with Crippen molar-refractivity contribution in [3.63, 3.8) is 0 Å². The molecule has 1 saturated heterocycles. The van der Waals surface area contributed by atoms with Crippen molar-refractivity contribution in [2.75, 3.05) is 39.4 Å². The minimum atomic E-state index is -4.15. The third-order valence-corrected chi connectivity index (χ3v) is 3.12. The van der Waals surface area contributed by atoms with Crippen LogP contribution in [0.4, 0.5) is 13.2 Å². The van der Waals surface area contributed by atoms with Crippen LogP contribution in [0.15, 0.2) is 0 Å². The average molecular weight is 254 g/mol. The van der Waals surface area contributed by atoms with Crippen LogP contribution in [0.1, 0.15) is 19.8 Å². The van der Waals surface area contributed by atoms with E-state index in [0.29, 0.717) is 39.3 Å². The minimum Gasteiger partial charge on any atom is -0.381 e. The van der Waals surface area contributed by atoms with Gasteiger partial charge in [-0.25, -0.2) is 0 Å². The molecule has 2 N–H and O–H groups in total. The van der Waals surface area contributed by atoms with Crippen LogP contribution in [0.5, 0.6) is 0 Å². The zero-order valence-corrected chi connectivity index (χ0v) is 10.2. The summed E-state index contributed by atoms with van der Waals surface area (Å²) in [6.45, 7) is 3.29. The van der Waals surface area contributed by atoms with Crippen LogP contribution in [0, 0.1) is 5.41 Å². The van der Waals surface area contributed by atoms with Gasteiger partial charge in [0.1, 0.15) is 0 Å². The van der Waals surface area contributed by atoms with E-state index in [0.717, 1.165) is 6.42 Å². The molecule has 1 fully saturated rings. The monoisotopic (exact) mass is 254 g/mol. The second-order valence-electron chi connectivity index (χ2n) is 4.83. The Morgan fingerprint density at radius 2 is 2.12 bits per heavy atom. The van der Waals surface area contributed by atoms with Crippen molar-refractivity contribution in [1.29, 1.82) is 0 Å². The topological polar surface area (TPSA) is 38.5 Å². The molecule has 6 heteroatoms. The molecule has 0 spiro atoms. The SMILES string of the molecule is CCCN(CC(F)(F)F)CC1(CN)CCOC1. The molecule has 3 nitrogen and oxygen atoms in total. The first-order valence-electron chi connectivity index (χ1n) is 5.98. The number of rotatable bonds is 6. The van der Waals surface area contributed by atoms with E-state index in [1.54, 1.807) is 0 Å². The average Bonchev–Trinajstić information content (AvgIpc) is 2.65. The number of ether oxygens (including phenoxy) is 1. The predicted octanol–water partition coefficient (Wildman–Crippen LogP) is 1.63. The predicted molar refractivity (Wildman–Crippen MR) is 59.7 cm³/mol. The van der Waals surface area contributed by atoms with Crippen molar-refractivity contribution < 1.29 is 17.9 Å². The molecule has 1 aliphatic heterocycles. The molecule has 0 aromatic rings. The highest BCUT2D eigenvalue weighted by Gasteiger charge is 2.38. The van der Waals surface area contributed by atoms with E-state index in [-0.39, 0.29) is 5.41 Å². The van der Waals surface area contributed by atoms with Gasteiger partial charge in [-0.1, -0.05) is 6.92 Å². The van der Waals surface area contributed by atoms with Gasteiger partial charge in [-0.15, -0.1) is 0 Å². The van der Waals surface area contributed by atoms with Gasteiger partial charge in [0.25, 0.3) is 0 Å². The standard InChI is InChI=1S/C11H21F3N2O/c1-2-4-16(8-11(12,13)14)7-10(6-15)3-5-17-9-10/h2-9,15H2,1H3. The van der Waals surface area contributed by atoms with E-state index in [9.17, 15) is 13.2 Å². The summed E-state index contributed by atoms with van der Waals surface area (Å²) in [5.74, 6) is 0. The van der Waals surface area contributed by atoms with Crippen molar-refractivity contribution >= 4 is 0 Å². The van der Waals surface area contributed by atoms with E-state index < -0.39 is 12.7 Å². The van der Waals surface area contributed by atoms with Gasteiger partial charge in [-0.2, -0.15) is 13.2 Å². The second kappa shape index (κ2) is 6.02. The fraction of sp³-hybridized carbons (Fsp3) is 1.00. The van der Waals surface area contributed by atoms with Crippen molar-refractivity contribution in [3.8, 4) is 0 Å². The Balaban J connectivity index is 2.58. The summed E-state index contributed by atoms with van der Waals surface area (Å²) >= 11 is 0. The van der Waals surface area contributed by atoms with Gasteiger partial charge < -0.3 is 10.5 Å². The van der Waals surface area contributed by atoms with E-state index in [1.165, 1.54) is 4.90 Å². The van der Waals surface area contributed by atoms with Crippen LogP contribution in [0.2, 0.25) is 0 Å². The highest BCUT2D eigenvalue weighted by molar-refractivity contribution is 4.87. The summed E-state index contributed by atoms with van der Waals surface area (Å²) in [6.07, 6.45) is -2.69. The summed E-state index contributed by atoms with van der Waals surface area (Å²) < 4.78 is 42.6. The molecule has 0 amide bonds. The fourth-order valence-electron chi connectivity index (χ4n) is 2.26. The second-order valence-corrected chi connectivity index (χ2v) is 4.83. The Hall–Kier alpha value is -0.330. The number of halogens is 3. The maximum absolute atomic E-state index is 12.4. The highest BCUT2D eigenvalue weighted by atomic mass is 19.4. The van der Waals surface area contributed by atoms with Gasteiger partial charge >= 0.3 is 6.18 Å². The van der Waals surface area contributed by atoms with Crippen molar-refractivity contribution in [3.05, 3.63) is 0 Å². The van der Waals surface area contributed by atoms with Crippen molar-refractivity contribution in [1.82, 2.24) is 4.90 Å². The molecular weight excluding hydrogens is 233 g/mol. The Morgan fingerprint density at radius 3 is 2.53 bits per heavy atom. The lowest BCUT2D eigenvalue weighted by atomic mass is 9.86. The molecule has 1 unspecified atom stereocenters. The van der Waals surface area contributed by atoms with Crippen LogP contribution >= 0.6 is 0 Å². The van der Waals surface area contributed by atoms with Gasteiger partial charge in [-0.05, 0) is 19.4 Å². The van der Waals surface area contributed by atoms with Gasteiger partial charge in [0.05, 0.1) is 13.2 Å². The molecule has 102 valence electrons. The molecule has 0 aliphatic carbocycles. The normalized spacial score (nSPS) is 25.8. The molecule has 1 heterocycles. The lowest BCUT2D eigenvalue weighted by Gasteiger charge is -2.33. The van der Waals surface area contributed by atoms with E-state index in [2.05, 4.69) is 0 Å². The van der Waals surface area contributed by atoms with E-state index in [4.69, 9.17) is 10.5 Å². The van der Waals surface area contributed by atoms with Gasteiger partial charge in [-0.3, -0.25) is 4.90 Å². The number of nitrogens with zero attached hydrogens (tertiary/aromatic N) is 1. The summed E-state index contributed by atoms with van der Waals surface area (Å²) in [6, 6.07) is 0. The number of hydrogen-bond acceptors (Lipinski definition) is 3. The fourth-order valence-corrected chi connectivity index (χ4v) is 2.26. The molecule has 0 radical (unpaired) electrons. The summed E-state index contributed by atoms with van der Waals surface area (Å²) in [7, 11) is 0. The first-order valence-corrected chi connectivity index (χ1v) is 5.98. The number of alkyl halides is 3. The van der Waals surface area contributed by atoms with Crippen LogP contribution < -0.4 is 5.73 Å². The molecule has 1 aliphatic rings. The van der Waals surface area contributed by atoms with Gasteiger partial charge in [0.15, 0.2) is 0 Å². The first-order chi connectivity index (χ1) is 7.91. The molecule has 17 heavy (non-hydrogen) atoms. The molecule has 1 atom stereocenters. The Labute approximate surface area is 100 Å². The minimum absolute atomic E-state index is 0.291. The molecule has 0 bridgehead atoms. The summed E-state index contributed by atoms with van der Waals surface area (Å²) in [5, 5.41) is 0. The zero-order valence-electron chi connectivity index (χ0n) is 10.2. The Bertz CT molecular complexity index is 227. The molecule has 0 aromatic carbocycles. The lowest BCUT2D eigenvalue weighted by molar-refractivity contribution is -0.149. The van der Waals surface area contributed by atoms with Crippen LogP contribution in [-0.2, 0) is 4.74 Å². The maximum Gasteiger partial charge on any atom is 0.401 e. The third kappa shape index (κ3) is 4.81. The van der Waals surface area contributed by atoms with Crippen molar-refractivity contribution in [2.45, 2.75) is 25.9 Å². The van der Waals surface area contributed by atoms with Crippen molar-refractivity contribution in [2.24, 2.45) is 11.1 Å². The quantitative estimate of drug-likeness (QED) is 0.783. The van der Waals surface area contributed by atoms with E-state index >= 15 is 0 Å². The molecule has 1 rings (SSSR count). The maximum atomic E-state index is 12.4. The molecule has 0 saturated carbocycles.